The summed E-state index contributed by atoms with van der Waals surface area (Å²) >= 11 is 0. The third-order valence-corrected chi connectivity index (χ3v) is 6.38. The number of aromatic nitrogens is 1. The highest BCUT2D eigenvalue weighted by atomic mass is 16.6. The van der Waals surface area contributed by atoms with Gasteiger partial charge in [-0.3, -0.25) is 0 Å². The van der Waals surface area contributed by atoms with E-state index in [0.29, 0.717) is 44.9 Å². The number of furan rings is 1. The summed E-state index contributed by atoms with van der Waals surface area (Å²) in [4.78, 5) is 46.7. The lowest BCUT2D eigenvalue weighted by molar-refractivity contribution is 0.0185. The molecule has 0 spiro atoms. The average Bonchev–Trinajstić information content (AvgIpc) is 3.50. The van der Waals surface area contributed by atoms with Gasteiger partial charge in [0, 0.05) is 24.7 Å². The Hall–Kier alpha value is -3.64. The Morgan fingerprint density at radius 3 is 2.13 bits per heavy atom. The van der Waals surface area contributed by atoms with Crippen molar-refractivity contribution in [1.82, 2.24) is 15.2 Å². The summed E-state index contributed by atoms with van der Waals surface area (Å²) in [6.07, 6.45) is -0.418. The van der Waals surface area contributed by atoms with Gasteiger partial charge in [-0.2, -0.15) is 4.90 Å². The molecular formula is C33H50N4O8. The topological polar surface area (TPSA) is 133 Å². The van der Waals surface area contributed by atoms with E-state index in [1.54, 1.807) is 58.8 Å². The molecule has 0 radical (unpaired) electrons. The van der Waals surface area contributed by atoms with Crippen LogP contribution in [0.1, 0.15) is 79.3 Å². The molecule has 2 aromatic heterocycles. The number of anilines is 1. The molecule has 1 saturated heterocycles. The minimum Gasteiger partial charge on any atom is -0.468 e. The highest BCUT2D eigenvalue weighted by molar-refractivity contribution is 6.08. The Labute approximate surface area is 266 Å². The van der Waals surface area contributed by atoms with Crippen LogP contribution in [-0.2, 0) is 31.9 Å². The summed E-state index contributed by atoms with van der Waals surface area (Å²) in [7, 11) is 0. The van der Waals surface area contributed by atoms with Gasteiger partial charge in [0.15, 0.2) is 0 Å². The largest absolute Gasteiger partial charge is 0.468 e. The number of rotatable bonds is 9. The maximum absolute atomic E-state index is 13.3. The lowest BCUT2D eigenvalue weighted by Crippen LogP contribution is -2.44. The molecule has 1 N–H and O–H groups in total. The van der Waals surface area contributed by atoms with E-state index in [-0.39, 0.29) is 17.8 Å². The second-order valence-corrected chi connectivity index (χ2v) is 14.3. The molecule has 2 atom stereocenters. The van der Waals surface area contributed by atoms with Gasteiger partial charge < -0.3 is 33.6 Å². The maximum atomic E-state index is 13.3. The maximum Gasteiger partial charge on any atom is 0.425 e. The van der Waals surface area contributed by atoms with Crippen LogP contribution >= 0.6 is 0 Å². The highest BCUT2D eigenvalue weighted by Gasteiger charge is 2.39. The van der Waals surface area contributed by atoms with E-state index in [2.05, 4.69) is 5.32 Å². The van der Waals surface area contributed by atoms with Crippen molar-refractivity contribution in [3.05, 3.63) is 47.5 Å². The zero-order chi connectivity index (χ0) is 33.6. The number of nitrogens with one attached hydrogen (secondary N) is 1. The lowest BCUT2D eigenvalue weighted by Gasteiger charge is -2.28. The Bertz CT molecular complexity index is 1260. The third kappa shape index (κ3) is 12.0. The van der Waals surface area contributed by atoms with E-state index in [9.17, 15) is 14.4 Å². The molecule has 3 heterocycles. The molecule has 0 bridgehead atoms. The molecule has 0 saturated carbocycles. The van der Waals surface area contributed by atoms with E-state index < -0.39 is 35.1 Å². The van der Waals surface area contributed by atoms with Gasteiger partial charge in [0.25, 0.3) is 0 Å². The van der Waals surface area contributed by atoms with Crippen molar-refractivity contribution >= 4 is 24.1 Å². The van der Waals surface area contributed by atoms with Gasteiger partial charge in [0.2, 0.25) is 0 Å². The van der Waals surface area contributed by atoms with Gasteiger partial charge in [0.05, 0.1) is 32.1 Å². The van der Waals surface area contributed by atoms with Crippen LogP contribution in [0.15, 0.2) is 34.9 Å². The van der Waals surface area contributed by atoms with Gasteiger partial charge in [-0.05, 0) is 105 Å². The number of carbonyl (C=O) groups excluding carboxylic acids is 3. The van der Waals surface area contributed by atoms with E-state index in [0.717, 1.165) is 16.2 Å². The second kappa shape index (κ2) is 14.6. The third-order valence-electron chi connectivity index (χ3n) is 6.38. The van der Waals surface area contributed by atoms with Gasteiger partial charge in [0.1, 0.15) is 28.4 Å². The number of imide groups is 1. The molecule has 2 aromatic rings. The molecule has 250 valence electrons. The molecule has 0 unspecified atom stereocenters. The number of amides is 3. The van der Waals surface area contributed by atoms with Crippen LogP contribution in [0.25, 0.3) is 0 Å². The zero-order valence-corrected chi connectivity index (χ0v) is 28.4. The molecule has 12 nitrogen and oxygen atoms in total. The summed E-state index contributed by atoms with van der Waals surface area (Å²) in [6, 6.07) is 7.27. The van der Waals surface area contributed by atoms with Gasteiger partial charge in [-0.15, -0.1) is 0 Å². The SMILES string of the molecule is Cc1cc(C[C@H]2CN(C(=O)OC(C)(C)C)C[C@H]2OCCNCc2ccco2)nc(N(C(=O)OC(C)(C)C)C(=O)OC(C)(C)C)c1. The van der Waals surface area contributed by atoms with E-state index >= 15 is 0 Å². The first-order valence-electron chi connectivity index (χ1n) is 15.4. The predicted molar refractivity (Wildman–Crippen MR) is 169 cm³/mol. The minimum atomic E-state index is -0.888. The van der Waals surface area contributed by atoms with Crippen molar-refractivity contribution in [3.8, 4) is 0 Å². The number of nitrogens with zero attached hydrogens (tertiary/aromatic N) is 3. The van der Waals surface area contributed by atoms with Crippen molar-refractivity contribution in [1.29, 1.82) is 0 Å². The summed E-state index contributed by atoms with van der Waals surface area (Å²) in [5.74, 6) is 0.800. The Kier molecular flexibility index (Phi) is 11.7. The van der Waals surface area contributed by atoms with Crippen LogP contribution in [0.5, 0.6) is 0 Å². The fourth-order valence-electron chi connectivity index (χ4n) is 4.69. The van der Waals surface area contributed by atoms with Crippen LogP contribution in [0.3, 0.4) is 0 Å². The molecular weight excluding hydrogens is 580 g/mol. The number of hydrogen-bond acceptors (Lipinski definition) is 10. The van der Waals surface area contributed by atoms with Crippen molar-refractivity contribution in [3.63, 3.8) is 0 Å². The number of carbonyl (C=O) groups is 3. The van der Waals surface area contributed by atoms with Crippen LogP contribution in [0, 0.1) is 12.8 Å². The van der Waals surface area contributed by atoms with Crippen LogP contribution in [0.4, 0.5) is 20.2 Å². The van der Waals surface area contributed by atoms with Crippen LogP contribution in [-0.4, -0.2) is 77.3 Å². The van der Waals surface area contributed by atoms with Gasteiger partial charge >= 0.3 is 18.3 Å². The summed E-state index contributed by atoms with van der Waals surface area (Å²) in [5, 5.41) is 3.29. The van der Waals surface area contributed by atoms with Crippen molar-refractivity contribution in [2.45, 2.75) is 105 Å². The number of aryl methyl sites for hydroxylation is 1. The number of ether oxygens (including phenoxy) is 4. The van der Waals surface area contributed by atoms with Crippen molar-refractivity contribution in [2.24, 2.45) is 5.92 Å². The standard InChI is InChI=1S/C33H50N4O8/c1-22-16-24(35-27(17-22)37(29(39)44-32(5,6)7)30(40)45-33(8,9)10)18-23-20-36(28(38)43-31(2,3)4)21-26(23)42-15-13-34-19-25-12-11-14-41-25/h11-12,14,16-17,23,26,34H,13,15,18-21H2,1-10H3/t23-,26+/m0/s1. The van der Waals surface area contributed by atoms with Crippen LogP contribution < -0.4 is 10.2 Å². The minimum absolute atomic E-state index is 0.0927. The first-order valence-corrected chi connectivity index (χ1v) is 15.4. The fraction of sp³-hybridized carbons (Fsp3) is 0.636. The Balaban J connectivity index is 1.82. The Morgan fingerprint density at radius 2 is 1.58 bits per heavy atom. The van der Waals surface area contributed by atoms with Crippen LogP contribution in [0.2, 0.25) is 0 Å². The molecule has 1 fully saturated rings. The molecule has 45 heavy (non-hydrogen) atoms. The fourth-order valence-corrected chi connectivity index (χ4v) is 4.69. The van der Waals surface area contributed by atoms with Crippen molar-refractivity contribution in [2.75, 3.05) is 31.1 Å². The first-order chi connectivity index (χ1) is 20.8. The van der Waals surface area contributed by atoms with Crippen molar-refractivity contribution < 1.29 is 37.7 Å². The molecule has 1 aliphatic rings. The van der Waals surface area contributed by atoms with E-state index in [4.69, 9.17) is 28.3 Å². The zero-order valence-electron chi connectivity index (χ0n) is 28.4. The molecule has 0 aliphatic carbocycles. The van der Waals surface area contributed by atoms with E-state index in [1.807, 2.05) is 45.9 Å². The predicted octanol–water partition coefficient (Wildman–Crippen LogP) is 6.24. The molecule has 3 rings (SSSR count). The molecule has 1 aliphatic heterocycles. The number of hydrogen-bond donors (Lipinski definition) is 1. The quantitative estimate of drug-likeness (QED) is 0.251. The van der Waals surface area contributed by atoms with Gasteiger partial charge in [-0.1, -0.05) is 0 Å². The van der Waals surface area contributed by atoms with E-state index in [1.165, 1.54) is 0 Å². The van der Waals surface area contributed by atoms with Gasteiger partial charge in [-0.25, -0.2) is 19.4 Å². The first kappa shape index (κ1) is 35.8. The number of pyridine rings is 1. The molecule has 0 aromatic carbocycles. The lowest BCUT2D eigenvalue weighted by atomic mass is 9.98. The molecule has 12 heteroatoms. The normalized spacial score (nSPS) is 17.2. The second-order valence-electron chi connectivity index (χ2n) is 14.3. The summed E-state index contributed by atoms with van der Waals surface area (Å²) in [6.45, 7) is 20.0. The monoisotopic (exact) mass is 630 g/mol. The Morgan fingerprint density at radius 1 is 0.956 bits per heavy atom. The summed E-state index contributed by atoms with van der Waals surface area (Å²) < 4.78 is 28.4. The average molecular weight is 631 g/mol. The summed E-state index contributed by atoms with van der Waals surface area (Å²) in [5.41, 5.74) is -0.926. The smallest absolute Gasteiger partial charge is 0.425 e. The highest BCUT2D eigenvalue weighted by Crippen LogP contribution is 2.28. The number of likely N-dealkylation sites (tertiary alicyclic amines) is 1. The molecule has 3 amide bonds.